The van der Waals surface area contributed by atoms with Crippen molar-refractivity contribution >= 4 is 40.1 Å². The molecule has 0 N–H and O–H groups in total. The van der Waals surface area contributed by atoms with E-state index in [0.29, 0.717) is 34.4 Å². The minimum Gasteiger partial charge on any atom is -0.496 e. The minimum atomic E-state index is -0.132. The monoisotopic (exact) mass is 475 g/mol. The number of carbonyl (C=O) groups excluding carboxylic acids is 1. The molecule has 7 heteroatoms. The Balaban J connectivity index is 2.30. The van der Waals surface area contributed by atoms with Crippen molar-refractivity contribution in [1.82, 2.24) is 4.90 Å². The summed E-state index contributed by atoms with van der Waals surface area (Å²) in [7, 11) is 6.42. The van der Waals surface area contributed by atoms with E-state index >= 15 is 0 Å². The van der Waals surface area contributed by atoms with Crippen LogP contribution >= 0.6 is 34.2 Å². The van der Waals surface area contributed by atoms with Gasteiger partial charge in [-0.1, -0.05) is 11.6 Å². The molecule has 0 aliphatic carbocycles. The van der Waals surface area contributed by atoms with Gasteiger partial charge in [0.05, 0.1) is 26.9 Å². The number of halogens is 2. The zero-order chi connectivity index (χ0) is 18.6. The third kappa shape index (κ3) is 4.49. The largest absolute Gasteiger partial charge is 0.496 e. The topological polar surface area (TPSA) is 48.0 Å². The zero-order valence-corrected chi connectivity index (χ0v) is 17.3. The second kappa shape index (κ2) is 8.62. The van der Waals surface area contributed by atoms with E-state index < -0.39 is 0 Å². The van der Waals surface area contributed by atoms with E-state index in [0.717, 1.165) is 9.13 Å². The summed E-state index contributed by atoms with van der Waals surface area (Å²) >= 11 is 8.17. The molecule has 0 radical (unpaired) electrons. The number of ether oxygens (including phenoxy) is 3. The molecule has 0 saturated heterocycles. The van der Waals surface area contributed by atoms with Gasteiger partial charge in [0, 0.05) is 27.7 Å². The fourth-order valence-electron chi connectivity index (χ4n) is 2.42. The SMILES string of the molecule is COc1ccc(Cl)cc1CN(C)C(=O)c1cc(OC)c(OC)cc1I. The lowest BCUT2D eigenvalue weighted by molar-refractivity contribution is 0.0782. The van der Waals surface area contributed by atoms with Crippen molar-refractivity contribution in [3.05, 3.63) is 50.1 Å². The van der Waals surface area contributed by atoms with Crippen LogP contribution in [0.5, 0.6) is 17.2 Å². The van der Waals surface area contributed by atoms with Crippen LogP contribution in [-0.2, 0) is 6.54 Å². The van der Waals surface area contributed by atoms with Crippen LogP contribution in [0.1, 0.15) is 15.9 Å². The second-order valence-electron chi connectivity index (χ2n) is 5.30. The van der Waals surface area contributed by atoms with Gasteiger partial charge in [0.2, 0.25) is 0 Å². The number of carbonyl (C=O) groups is 1. The molecule has 0 aliphatic heterocycles. The molecule has 0 bridgehead atoms. The van der Waals surface area contributed by atoms with E-state index in [1.807, 2.05) is 0 Å². The number of nitrogens with zero attached hydrogens (tertiary/aromatic N) is 1. The van der Waals surface area contributed by atoms with Gasteiger partial charge in [-0.15, -0.1) is 0 Å². The molecular formula is C18H19ClINO4. The molecule has 0 aliphatic rings. The van der Waals surface area contributed by atoms with Crippen LogP contribution in [0.25, 0.3) is 0 Å². The number of hydrogen-bond acceptors (Lipinski definition) is 4. The van der Waals surface area contributed by atoms with Crippen molar-refractivity contribution in [2.24, 2.45) is 0 Å². The molecule has 0 saturated carbocycles. The fourth-order valence-corrected chi connectivity index (χ4v) is 3.29. The Kier molecular flexibility index (Phi) is 6.78. The highest BCUT2D eigenvalue weighted by Gasteiger charge is 2.20. The number of benzene rings is 2. The maximum absolute atomic E-state index is 12.9. The van der Waals surface area contributed by atoms with Crippen LogP contribution in [0.2, 0.25) is 5.02 Å². The molecule has 0 heterocycles. The molecule has 0 atom stereocenters. The molecule has 0 unspecified atom stereocenters. The highest BCUT2D eigenvalue weighted by Crippen LogP contribution is 2.32. The smallest absolute Gasteiger partial charge is 0.255 e. The highest BCUT2D eigenvalue weighted by atomic mass is 127. The van der Waals surface area contributed by atoms with Gasteiger partial charge in [-0.25, -0.2) is 0 Å². The molecule has 1 amide bonds. The van der Waals surface area contributed by atoms with Crippen molar-refractivity contribution in [2.75, 3.05) is 28.4 Å². The van der Waals surface area contributed by atoms with Gasteiger partial charge in [0.1, 0.15) is 5.75 Å². The molecule has 2 aromatic carbocycles. The summed E-state index contributed by atoms with van der Waals surface area (Å²) in [6.45, 7) is 0.368. The first-order chi connectivity index (χ1) is 11.9. The predicted molar refractivity (Wildman–Crippen MR) is 106 cm³/mol. The van der Waals surface area contributed by atoms with Crippen molar-refractivity contribution in [3.8, 4) is 17.2 Å². The molecular weight excluding hydrogens is 457 g/mol. The van der Waals surface area contributed by atoms with Crippen LogP contribution in [0, 0.1) is 3.57 Å². The van der Waals surface area contributed by atoms with Crippen LogP contribution in [0.15, 0.2) is 30.3 Å². The number of amides is 1. The Morgan fingerprint density at radius 1 is 1.04 bits per heavy atom. The van der Waals surface area contributed by atoms with Gasteiger partial charge >= 0.3 is 0 Å². The average Bonchev–Trinajstić information content (AvgIpc) is 2.60. The Morgan fingerprint density at radius 2 is 1.64 bits per heavy atom. The quantitative estimate of drug-likeness (QED) is 0.587. The normalized spacial score (nSPS) is 10.3. The third-order valence-electron chi connectivity index (χ3n) is 3.70. The Hall–Kier alpha value is -1.67. The molecule has 0 spiro atoms. The average molecular weight is 476 g/mol. The van der Waals surface area contributed by atoms with Gasteiger partial charge in [-0.05, 0) is 52.9 Å². The first-order valence-corrected chi connectivity index (χ1v) is 8.86. The lowest BCUT2D eigenvalue weighted by Crippen LogP contribution is -2.27. The van der Waals surface area contributed by atoms with Gasteiger partial charge in [0.15, 0.2) is 11.5 Å². The maximum Gasteiger partial charge on any atom is 0.255 e. The Morgan fingerprint density at radius 3 is 2.24 bits per heavy atom. The highest BCUT2D eigenvalue weighted by molar-refractivity contribution is 14.1. The molecule has 0 fully saturated rings. The number of hydrogen-bond donors (Lipinski definition) is 0. The van der Waals surface area contributed by atoms with Crippen LogP contribution in [0.3, 0.4) is 0 Å². The van der Waals surface area contributed by atoms with Gasteiger partial charge in [-0.2, -0.15) is 0 Å². The Bertz CT molecular complexity index is 782. The minimum absolute atomic E-state index is 0.132. The van der Waals surface area contributed by atoms with Gasteiger partial charge in [0.25, 0.3) is 5.91 Å². The fraction of sp³-hybridized carbons (Fsp3) is 0.278. The summed E-state index contributed by atoms with van der Waals surface area (Å²) < 4.78 is 16.7. The first kappa shape index (κ1) is 19.7. The van der Waals surface area contributed by atoms with Crippen molar-refractivity contribution in [3.63, 3.8) is 0 Å². The van der Waals surface area contributed by atoms with Crippen molar-refractivity contribution in [1.29, 1.82) is 0 Å². The van der Waals surface area contributed by atoms with E-state index in [-0.39, 0.29) is 5.91 Å². The molecule has 2 aromatic rings. The lowest BCUT2D eigenvalue weighted by atomic mass is 10.1. The van der Waals surface area contributed by atoms with E-state index in [1.165, 1.54) is 0 Å². The van der Waals surface area contributed by atoms with Crippen LogP contribution < -0.4 is 14.2 Å². The van der Waals surface area contributed by atoms with E-state index in [1.54, 1.807) is 63.6 Å². The summed E-state index contributed by atoms with van der Waals surface area (Å²) in [4.78, 5) is 14.5. The lowest BCUT2D eigenvalue weighted by Gasteiger charge is -2.20. The summed E-state index contributed by atoms with van der Waals surface area (Å²) in [5.74, 6) is 1.65. The summed E-state index contributed by atoms with van der Waals surface area (Å²) in [6.07, 6.45) is 0. The summed E-state index contributed by atoms with van der Waals surface area (Å²) in [5.41, 5.74) is 1.38. The van der Waals surface area contributed by atoms with Gasteiger partial charge in [-0.3, -0.25) is 4.79 Å². The summed E-state index contributed by atoms with van der Waals surface area (Å²) in [5, 5.41) is 0.595. The molecule has 0 aromatic heterocycles. The predicted octanol–water partition coefficient (Wildman–Crippen LogP) is 4.24. The third-order valence-corrected chi connectivity index (χ3v) is 4.83. The first-order valence-electron chi connectivity index (χ1n) is 7.40. The Labute approximate surface area is 166 Å². The van der Waals surface area contributed by atoms with Crippen molar-refractivity contribution in [2.45, 2.75) is 6.54 Å². The molecule has 134 valence electrons. The molecule has 2 rings (SSSR count). The van der Waals surface area contributed by atoms with Crippen LogP contribution in [-0.4, -0.2) is 39.2 Å². The summed E-state index contributed by atoms with van der Waals surface area (Å²) in [6, 6.07) is 8.80. The second-order valence-corrected chi connectivity index (χ2v) is 6.90. The van der Waals surface area contributed by atoms with E-state index in [9.17, 15) is 4.79 Å². The zero-order valence-electron chi connectivity index (χ0n) is 14.4. The standard InChI is InChI=1S/C18H19ClINO4/c1-21(10-11-7-12(19)5-6-15(11)23-2)18(22)13-8-16(24-3)17(25-4)9-14(13)20/h5-9H,10H2,1-4H3. The number of methoxy groups -OCH3 is 3. The van der Waals surface area contributed by atoms with Crippen LogP contribution in [0.4, 0.5) is 0 Å². The number of rotatable bonds is 6. The molecule has 25 heavy (non-hydrogen) atoms. The van der Waals surface area contributed by atoms with Gasteiger partial charge < -0.3 is 19.1 Å². The van der Waals surface area contributed by atoms with E-state index in [2.05, 4.69) is 22.6 Å². The van der Waals surface area contributed by atoms with Crippen molar-refractivity contribution < 1.29 is 19.0 Å². The van der Waals surface area contributed by atoms with E-state index in [4.69, 9.17) is 25.8 Å². The maximum atomic E-state index is 12.9. The molecule has 5 nitrogen and oxygen atoms in total.